The number of hydrogen-bond acceptors (Lipinski definition) is 2. The minimum atomic E-state index is -0.266. The van der Waals surface area contributed by atoms with E-state index in [1.807, 2.05) is 0 Å². The third-order valence-electron chi connectivity index (χ3n) is 4.67. The molecule has 1 aliphatic rings. The SMILES string of the molecule is CN(C)C1(Cn2c(CCl)nc3cc(Br)c(F)cc32)CCC1. The fourth-order valence-corrected chi connectivity index (χ4v) is 3.61. The average molecular weight is 375 g/mol. The van der Waals surface area contributed by atoms with E-state index in [1.54, 1.807) is 12.1 Å². The molecule has 2 aromatic rings. The van der Waals surface area contributed by atoms with Gasteiger partial charge in [0.25, 0.3) is 0 Å². The van der Waals surface area contributed by atoms with Crippen molar-refractivity contribution >= 4 is 38.6 Å². The molecule has 0 saturated heterocycles. The molecule has 0 N–H and O–H groups in total. The summed E-state index contributed by atoms with van der Waals surface area (Å²) in [6.07, 6.45) is 3.54. The minimum absolute atomic E-state index is 0.137. The predicted molar refractivity (Wildman–Crippen MR) is 87.2 cm³/mol. The number of likely N-dealkylation sites (N-methyl/N-ethyl adjacent to an activating group) is 1. The van der Waals surface area contributed by atoms with Gasteiger partial charge in [-0.05, 0) is 55.4 Å². The van der Waals surface area contributed by atoms with Gasteiger partial charge in [0.1, 0.15) is 11.6 Å². The van der Waals surface area contributed by atoms with Gasteiger partial charge in [-0.25, -0.2) is 9.37 Å². The summed E-state index contributed by atoms with van der Waals surface area (Å²) in [6.45, 7) is 0.805. The molecule has 21 heavy (non-hydrogen) atoms. The molecular weight excluding hydrogens is 357 g/mol. The Morgan fingerprint density at radius 3 is 2.67 bits per heavy atom. The smallest absolute Gasteiger partial charge is 0.139 e. The van der Waals surface area contributed by atoms with Crippen molar-refractivity contribution in [2.24, 2.45) is 0 Å². The number of halogens is 3. The Balaban J connectivity index is 2.10. The van der Waals surface area contributed by atoms with E-state index in [9.17, 15) is 4.39 Å². The van der Waals surface area contributed by atoms with Crippen LogP contribution in [0.3, 0.4) is 0 Å². The van der Waals surface area contributed by atoms with Crippen LogP contribution in [-0.4, -0.2) is 34.1 Å². The molecule has 0 unspecified atom stereocenters. The largest absolute Gasteiger partial charge is 0.325 e. The highest BCUT2D eigenvalue weighted by molar-refractivity contribution is 9.10. The van der Waals surface area contributed by atoms with E-state index in [-0.39, 0.29) is 11.4 Å². The fourth-order valence-electron chi connectivity index (χ4n) is 3.07. The summed E-state index contributed by atoms with van der Waals surface area (Å²) < 4.78 is 16.4. The zero-order valence-electron chi connectivity index (χ0n) is 12.2. The quantitative estimate of drug-likeness (QED) is 0.749. The third-order valence-corrected chi connectivity index (χ3v) is 5.52. The van der Waals surface area contributed by atoms with E-state index in [0.717, 1.165) is 36.2 Å². The van der Waals surface area contributed by atoms with E-state index >= 15 is 0 Å². The lowest BCUT2D eigenvalue weighted by Crippen LogP contribution is -2.53. The van der Waals surface area contributed by atoms with Gasteiger partial charge in [0.05, 0.1) is 21.4 Å². The van der Waals surface area contributed by atoms with E-state index in [1.165, 1.54) is 6.42 Å². The second-order valence-corrected chi connectivity index (χ2v) is 7.10. The number of aromatic nitrogens is 2. The number of rotatable bonds is 4. The van der Waals surface area contributed by atoms with Gasteiger partial charge >= 0.3 is 0 Å². The lowest BCUT2D eigenvalue weighted by Gasteiger charge is -2.47. The van der Waals surface area contributed by atoms with Crippen LogP contribution in [0.2, 0.25) is 0 Å². The van der Waals surface area contributed by atoms with Crippen LogP contribution >= 0.6 is 27.5 Å². The van der Waals surface area contributed by atoms with Crippen LogP contribution in [0.1, 0.15) is 25.1 Å². The first-order valence-electron chi connectivity index (χ1n) is 7.04. The molecule has 6 heteroatoms. The Morgan fingerprint density at radius 2 is 2.14 bits per heavy atom. The zero-order chi connectivity index (χ0) is 15.2. The molecule has 1 aromatic carbocycles. The van der Waals surface area contributed by atoms with Gasteiger partial charge < -0.3 is 9.47 Å². The number of nitrogens with zero attached hydrogens (tertiary/aromatic N) is 3. The Morgan fingerprint density at radius 1 is 1.43 bits per heavy atom. The maximum Gasteiger partial charge on any atom is 0.139 e. The topological polar surface area (TPSA) is 21.1 Å². The number of alkyl halides is 1. The number of fused-ring (bicyclic) bond motifs is 1. The molecule has 1 aromatic heterocycles. The molecule has 3 nitrogen and oxygen atoms in total. The van der Waals surface area contributed by atoms with E-state index < -0.39 is 0 Å². The highest BCUT2D eigenvalue weighted by Crippen LogP contribution is 2.39. The fraction of sp³-hybridized carbons (Fsp3) is 0.533. The molecule has 0 atom stereocenters. The molecule has 1 heterocycles. The van der Waals surface area contributed by atoms with Gasteiger partial charge in [0.2, 0.25) is 0 Å². The molecule has 1 saturated carbocycles. The lowest BCUT2D eigenvalue weighted by molar-refractivity contribution is 0.0429. The van der Waals surface area contributed by atoms with Gasteiger partial charge in [0.15, 0.2) is 0 Å². The first-order valence-corrected chi connectivity index (χ1v) is 8.37. The summed E-state index contributed by atoms with van der Waals surface area (Å²) >= 11 is 9.27. The molecule has 0 spiro atoms. The van der Waals surface area contributed by atoms with Crippen molar-refractivity contribution in [3.8, 4) is 0 Å². The van der Waals surface area contributed by atoms with Crippen LogP contribution < -0.4 is 0 Å². The molecule has 1 fully saturated rings. The molecule has 3 rings (SSSR count). The molecule has 0 amide bonds. The van der Waals surface area contributed by atoms with Crippen molar-refractivity contribution in [2.75, 3.05) is 14.1 Å². The predicted octanol–water partition coefficient (Wildman–Crippen LogP) is 4.16. The van der Waals surface area contributed by atoms with Gasteiger partial charge in [0, 0.05) is 18.2 Å². The maximum atomic E-state index is 13.9. The summed E-state index contributed by atoms with van der Waals surface area (Å²) in [5.74, 6) is 0.867. The summed E-state index contributed by atoms with van der Waals surface area (Å²) in [5.41, 5.74) is 1.74. The number of hydrogen-bond donors (Lipinski definition) is 0. The third kappa shape index (κ3) is 2.49. The van der Waals surface area contributed by atoms with Crippen molar-refractivity contribution < 1.29 is 4.39 Å². The van der Waals surface area contributed by atoms with Crippen LogP contribution in [0, 0.1) is 5.82 Å². The van der Waals surface area contributed by atoms with Crippen LogP contribution in [0.25, 0.3) is 11.0 Å². The van der Waals surface area contributed by atoms with Crippen molar-refractivity contribution in [2.45, 2.75) is 37.2 Å². The Labute approximate surface area is 137 Å². The van der Waals surface area contributed by atoms with Gasteiger partial charge in [-0.3, -0.25) is 0 Å². The second kappa shape index (κ2) is 5.52. The first kappa shape index (κ1) is 15.3. The Hall–Kier alpha value is -0.650. The van der Waals surface area contributed by atoms with Crippen LogP contribution in [-0.2, 0) is 12.4 Å². The van der Waals surface area contributed by atoms with E-state index in [0.29, 0.717) is 10.4 Å². The van der Waals surface area contributed by atoms with Crippen LogP contribution in [0.15, 0.2) is 16.6 Å². The normalized spacial score (nSPS) is 17.4. The molecule has 114 valence electrons. The van der Waals surface area contributed by atoms with Gasteiger partial charge in [-0.2, -0.15) is 0 Å². The second-order valence-electron chi connectivity index (χ2n) is 5.98. The highest BCUT2D eigenvalue weighted by Gasteiger charge is 2.40. The van der Waals surface area contributed by atoms with Gasteiger partial charge in [-0.1, -0.05) is 0 Å². The molecular formula is C15H18BrClFN3. The summed E-state index contributed by atoms with van der Waals surface area (Å²) in [7, 11) is 4.21. The average Bonchev–Trinajstić information content (AvgIpc) is 2.71. The maximum absolute atomic E-state index is 13.9. The van der Waals surface area contributed by atoms with Gasteiger partial charge in [-0.15, -0.1) is 11.6 Å². The van der Waals surface area contributed by atoms with E-state index in [2.05, 4.69) is 44.5 Å². The van der Waals surface area contributed by atoms with E-state index in [4.69, 9.17) is 11.6 Å². The standard InChI is InChI=1S/C15H18BrClFN3/c1-20(2)15(4-3-5-15)9-21-13-7-11(18)10(16)6-12(13)19-14(21)8-17/h6-7H,3-5,8-9H2,1-2H3. The van der Waals surface area contributed by atoms with Crippen LogP contribution in [0.4, 0.5) is 4.39 Å². The molecule has 0 radical (unpaired) electrons. The summed E-state index contributed by atoms with van der Waals surface area (Å²) in [6, 6.07) is 3.27. The van der Waals surface area contributed by atoms with Crippen molar-refractivity contribution in [3.63, 3.8) is 0 Å². The molecule has 1 aliphatic carbocycles. The number of benzene rings is 1. The highest BCUT2D eigenvalue weighted by atomic mass is 79.9. The van der Waals surface area contributed by atoms with Crippen molar-refractivity contribution in [1.82, 2.24) is 14.5 Å². The minimum Gasteiger partial charge on any atom is -0.325 e. The monoisotopic (exact) mass is 373 g/mol. The summed E-state index contributed by atoms with van der Waals surface area (Å²) in [5, 5.41) is 0. The van der Waals surface area contributed by atoms with Crippen molar-refractivity contribution in [3.05, 3.63) is 28.2 Å². The first-order chi connectivity index (χ1) is 9.97. The Kier molecular flexibility index (Phi) is 4.01. The Bertz CT molecular complexity index is 679. The zero-order valence-corrected chi connectivity index (χ0v) is 14.5. The number of imidazole rings is 1. The lowest BCUT2D eigenvalue weighted by atomic mass is 9.75. The molecule has 0 bridgehead atoms. The molecule has 0 aliphatic heterocycles. The van der Waals surface area contributed by atoms with Crippen LogP contribution in [0.5, 0.6) is 0 Å². The van der Waals surface area contributed by atoms with Crippen molar-refractivity contribution in [1.29, 1.82) is 0 Å². The summed E-state index contributed by atoms with van der Waals surface area (Å²) in [4.78, 5) is 6.82.